The summed E-state index contributed by atoms with van der Waals surface area (Å²) >= 11 is 0. The second kappa shape index (κ2) is 8.44. The molecule has 0 N–H and O–H groups in total. The van der Waals surface area contributed by atoms with Gasteiger partial charge in [0.2, 0.25) is 0 Å². The van der Waals surface area contributed by atoms with E-state index in [0.717, 1.165) is 6.61 Å². The molecule has 0 aromatic rings. The molecule has 0 rings (SSSR count). The smallest absolute Gasteiger partial charge is 0.348 e. The fourth-order valence-electron chi connectivity index (χ4n) is 0.879. The third kappa shape index (κ3) is 6.95. The largest absolute Gasteiger partial charge is 0.394 e. The van der Waals surface area contributed by atoms with Crippen LogP contribution in [0.3, 0.4) is 0 Å². The van der Waals surface area contributed by atoms with Gasteiger partial charge in [-0.1, -0.05) is 5.70 Å². The summed E-state index contributed by atoms with van der Waals surface area (Å²) in [6.07, 6.45) is 0.0983. The summed E-state index contributed by atoms with van der Waals surface area (Å²) in [5, 5.41) is 0. The van der Waals surface area contributed by atoms with Crippen LogP contribution in [0.25, 0.3) is 0 Å². The Morgan fingerprint density at radius 3 is 2.54 bits per heavy atom. The summed E-state index contributed by atoms with van der Waals surface area (Å²) < 4.78 is 16.2. The average Bonchev–Trinajstić information content (AvgIpc) is 2.14. The van der Waals surface area contributed by atoms with Gasteiger partial charge in [-0.15, -0.1) is 6.58 Å². The van der Waals surface area contributed by atoms with Crippen LogP contribution in [0, 0.1) is 0 Å². The average molecular weight is 204 g/mol. The minimum Gasteiger partial charge on any atom is -0.394 e. The first-order valence-corrected chi connectivity index (χ1v) is 6.32. The molecule has 0 aliphatic heterocycles. The monoisotopic (exact) mass is 204 g/mol. The first kappa shape index (κ1) is 12.8. The molecular formula is C9H20O3Si. The van der Waals surface area contributed by atoms with Gasteiger partial charge >= 0.3 is 9.28 Å². The molecular weight excluding hydrogens is 184 g/mol. The van der Waals surface area contributed by atoms with Crippen LogP contribution in [0.1, 0.15) is 20.8 Å². The van der Waals surface area contributed by atoms with Crippen molar-refractivity contribution in [3.63, 3.8) is 0 Å². The summed E-state index contributed by atoms with van der Waals surface area (Å²) in [4.78, 5) is 0. The number of ether oxygens (including phenoxy) is 1. The molecule has 0 saturated heterocycles. The van der Waals surface area contributed by atoms with Crippen molar-refractivity contribution in [3.8, 4) is 0 Å². The Labute approximate surface area is 82.5 Å². The zero-order valence-electron chi connectivity index (χ0n) is 8.79. The third-order valence-electron chi connectivity index (χ3n) is 1.45. The first-order chi connectivity index (χ1) is 6.24. The SMILES string of the molecule is C=C[SiH](OCC)OC(C)COCC. The normalized spacial score (nSPS) is 15.3. The van der Waals surface area contributed by atoms with E-state index in [2.05, 4.69) is 6.58 Å². The minimum atomic E-state index is -1.63. The van der Waals surface area contributed by atoms with E-state index in [9.17, 15) is 0 Å². The van der Waals surface area contributed by atoms with E-state index < -0.39 is 9.28 Å². The van der Waals surface area contributed by atoms with E-state index in [4.69, 9.17) is 13.6 Å². The third-order valence-corrected chi connectivity index (χ3v) is 3.23. The highest BCUT2D eigenvalue weighted by molar-refractivity contribution is 6.50. The van der Waals surface area contributed by atoms with Crippen LogP contribution >= 0.6 is 0 Å². The van der Waals surface area contributed by atoms with Gasteiger partial charge in [-0.2, -0.15) is 0 Å². The topological polar surface area (TPSA) is 27.7 Å². The molecule has 0 bridgehead atoms. The van der Waals surface area contributed by atoms with Crippen LogP contribution in [-0.4, -0.2) is 35.2 Å². The van der Waals surface area contributed by atoms with Crippen LogP contribution in [0.4, 0.5) is 0 Å². The summed E-state index contributed by atoms with van der Waals surface area (Å²) in [7, 11) is -1.63. The van der Waals surface area contributed by atoms with E-state index in [0.29, 0.717) is 13.2 Å². The fraction of sp³-hybridized carbons (Fsp3) is 0.778. The molecule has 0 aliphatic rings. The van der Waals surface area contributed by atoms with E-state index in [-0.39, 0.29) is 6.10 Å². The number of hydrogen-bond donors (Lipinski definition) is 0. The van der Waals surface area contributed by atoms with Gasteiger partial charge in [0, 0.05) is 13.2 Å². The van der Waals surface area contributed by atoms with Gasteiger partial charge in [0.05, 0.1) is 12.7 Å². The Morgan fingerprint density at radius 2 is 2.08 bits per heavy atom. The van der Waals surface area contributed by atoms with E-state index in [1.165, 1.54) is 0 Å². The maximum atomic E-state index is 5.62. The van der Waals surface area contributed by atoms with Crippen LogP contribution in [0.15, 0.2) is 12.3 Å². The lowest BCUT2D eigenvalue weighted by atomic mass is 10.4. The minimum absolute atomic E-state index is 0.0983. The predicted molar refractivity (Wildman–Crippen MR) is 56.0 cm³/mol. The van der Waals surface area contributed by atoms with Crippen LogP contribution < -0.4 is 0 Å². The molecule has 0 radical (unpaired) electrons. The highest BCUT2D eigenvalue weighted by atomic mass is 28.3. The molecule has 0 saturated carbocycles. The Balaban J connectivity index is 3.59. The maximum Gasteiger partial charge on any atom is 0.348 e. The van der Waals surface area contributed by atoms with Gasteiger partial charge in [-0.05, 0) is 20.8 Å². The highest BCUT2D eigenvalue weighted by Gasteiger charge is 2.12. The molecule has 3 nitrogen and oxygen atoms in total. The quantitative estimate of drug-likeness (QED) is 0.560. The zero-order valence-corrected chi connectivity index (χ0v) is 9.94. The van der Waals surface area contributed by atoms with E-state index in [1.807, 2.05) is 20.8 Å². The second-order valence-corrected chi connectivity index (χ2v) is 4.48. The van der Waals surface area contributed by atoms with Crippen molar-refractivity contribution in [2.75, 3.05) is 19.8 Å². The Bertz CT molecular complexity index is 130. The number of hydrogen-bond acceptors (Lipinski definition) is 3. The van der Waals surface area contributed by atoms with Crippen molar-refractivity contribution in [3.05, 3.63) is 12.3 Å². The van der Waals surface area contributed by atoms with Crippen molar-refractivity contribution in [2.45, 2.75) is 26.9 Å². The lowest BCUT2D eigenvalue weighted by Gasteiger charge is -2.17. The highest BCUT2D eigenvalue weighted by Crippen LogP contribution is 1.98. The molecule has 0 aliphatic carbocycles. The molecule has 0 spiro atoms. The molecule has 0 heterocycles. The van der Waals surface area contributed by atoms with Gasteiger partial charge in [0.1, 0.15) is 0 Å². The van der Waals surface area contributed by atoms with Crippen molar-refractivity contribution in [1.82, 2.24) is 0 Å². The lowest BCUT2D eigenvalue weighted by Crippen LogP contribution is -2.28. The molecule has 0 fully saturated rings. The van der Waals surface area contributed by atoms with Crippen LogP contribution in [-0.2, 0) is 13.6 Å². The van der Waals surface area contributed by atoms with Crippen molar-refractivity contribution >= 4 is 9.28 Å². The molecule has 13 heavy (non-hydrogen) atoms. The summed E-state index contributed by atoms with van der Waals surface area (Å²) in [6, 6.07) is 0. The van der Waals surface area contributed by atoms with E-state index >= 15 is 0 Å². The zero-order chi connectivity index (χ0) is 10.1. The lowest BCUT2D eigenvalue weighted by molar-refractivity contribution is 0.0512. The Kier molecular flexibility index (Phi) is 8.33. The van der Waals surface area contributed by atoms with Crippen LogP contribution in [0.5, 0.6) is 0 Å². The molecule has 0 aromatic carbocycles. The van der Waals surface area contributed by atoms with Crippen molar-refractivity contribution in [1.29, 1.82) is 0 Å². The summed E-state index contributed by atoms with van der Waals surface area (Å²) in [6.45, 7) is 11.6. The Hall–Kier alpha value is -0.163. The predicted octanol–water partition coefficient (Wildman–Crippen LogP) is 1.41. The van der Waals surface area contributed by atoms with E-state index in [1.54, 1.807) is 5.70 Å². The molecule has 2 unspecified atom stereocenters. The Morgan fingerprint density at radius 1 is 1.38 bits per heavy atom. The van der Waals surface area contributed by atoms with Crippen LogP contribution in [0.2, 0.25) is 0 Å². The van der Waals surface area contributed by atoms with Gasteiger partial charge in [0.15, 0.2) is 0 Å². The van der Waals surface area contributed by atoms with Gasteiger partial charge in [0.25, 0.3) is 0 Å². The standard InChI is InChI=1S/C9H20O3Si/c1-5-10-8-9(4)12-13(7-3)11-6-2/h7,9,13H,3,5-6,8H2,1-2,4H3. The molecule has 2 atom stereocenters. The van der Waals surface area contributed by atoms with Gasteiger partial charge in [-0.3, -0.25) is 0 Å². The summed E-state index contributed by atoms with van der Waals surface area (Å²) in [5.41, 5.74) is 1.78. The van der Waals surface area contributed by atoms with Gasteiger partial charge < -0.3 is 13.6 Å². The fourth-order valence-corrected chi connectivity index (χ4v) is 2.07. The number of rotatable bonds is 8. The molecule has 0 amide bonds. The van der Waals surface area contributed by atoms with Gasteiger partial charge in [-0.25, -0.2) is 0 Å². The maximum absolute atomic E-state index is 5.62. The van der Waals surface area contributed by atoms with Crippen molar-refractivity contribution < 1.29 is 13.6 Å². The molecule has 0 aromatic heterocycles. The first-order valence-electron chi connectivity index (χ1n) is 4.71. The second-order valence-electron chi connectivity index (χ2n) is 2.67. The van der Waals surface area contributed by atoms with Crippen molar-refractivity contribution in [2.24, 2.45) is 0 Å². The molecule has 78 valence electrons. The summed E-state index contributed by atoms with van der Waals surface area (Å²) in [5.74, 6) is 0. The molecule has 4 heteroatoms.